The van der Waals surface area contributed by atoms with Gasteiger partial charge in [0.05, 0.1) is 11.0 Å². The summed E-state index contributed by atoms with van der Waals surface area (Å²) in [5, 5.41) is 20.5. The van der Waals surface area contributed by atoms with Gasteiger partial charge in [-0.25, -0.2) is 13.9 Å². The number of nitrogens with one attached hydrogen (secondary N) is 3. The first-order valence-electron chi connectivity index (χ1n) is 7.95. The van der Waals surface area contributed by atoms with Crippen molar-refractivity contribution in [1.29, 1.82) is 0 Å². The van der Waals surface area contributed by atoms with Crippen molar-refractivity contribution in [3.05, 3.63) is 58.6 Å². The summed E-state index contributed by atoms with van der Waals surface area (Å²) < 4.78 is 27.9. The van der Waals surface area contributed by atoms with Crippen LogP contribution in [0.5, 0.6) is 0 Å². The molecule has 2 aromatic rings. The summed E-state index contributed by atoms with van der Waals surface area (Å²) in [6, 6.07) is 10.2. The number of rotatable bonds is 7. The van der Waals surface area contributed by atoms with Crippen LogP contribution in [-0.2, 0) is 14.8 Å². The Morgan fingerprint density at radius 1 is 1.04 bits per heavy atom. The molecular weight excluding hydrogens is 454 g/mol. The van der Waals surface area contributed by atoms with Crippen molar-refractivity contribution >= 4 is 43.5 Å². The number of hydrogen-bond donors (Lipinski definition) is 5. The molecule has 0 fully saturated rings. The van der Waals surface area contributed by atoms with Crippen LogP contribution in [0.3, 0.4) is 0 Å². The van der Waals surface area contributed by atoms with Gasteiger partial charge in [-0.1, -0.05) is 15.9 Å². The van der Waals surface area contributed by atoms with Gasteiger partial charge < -0.3 is 10.4 Å². The molecule has 2 atom stereocenters. The highest BCUT2D eigenvalue weighted by Crippen LogP contribution is 2.19. The predicted molar refractivity (Wildman–Crippen MR) is 104 cm³/mol. The average molecular weight is 472 g/mol. The topological polar surface area (TPSA) is 145 Å². The van der Waals surface area contributed by atoms with Gasteiger partial charge in [-0.05, 0) is 55.5 Å². The van der Waals surface area contributed by atoms with Crippen molar-refractivity contribution in [2.24, 2.45) is 0 Å². The molecule has 0 aliphatic carbocycles. The Morgan fingerprint density at radius 3 is 2.11 bits per heavy atom. The molecule has 0 heterocycles. The largest absolute Gasteiger partial charge is 0.391 e. The van der Waals surface area contributed by atoms with Crippen molar-refractivity contribution < 1.29 is 28.3 Å². The minimum absolute atomic E-state index is 0.0762. The van der Waals surface area contributed by atoms with Gasteiger partial charge in [-0.3, -0.25) is 19.5 Å². The second-order valence-electron chi connectivity index (χ2n) is 5.80. The molecule has 0 radical (unpaired) electrons. The highest BCUT2D eigenvalue weighted by atomic mass is 79.9. The molecule has 9 nitrogen and oxygen atoms in total. The lowest BCUT2D eigenvalue weighted by Crippen LogP contribution is -2.51. The summed E-state index contributed by atoms with van der Waals surface area (Å²) in [6.45, 7) is 1.28. The molecule has 0 aliphatic heterocycles. The molecule has 150 valence electrons. The van der Waals surface area contributed by atoms with Gasteiger partial charge in [0.1, 0.15) is 6.04 Å². The second kappa shape index (κ2) is 9.15. The number of benzene rings is 2. The van der Waals surface area contributed by atoms with Crippen LogP contribution in [0.1, 0.15) is 17.3 Å². The third-order valence-electron chi connectivity index (χ3n) is 3.68. The van der Waals surface area contributed by atoms with E-state index in [-0.39, 0.29) is 16.1 Å². The SMILES string of the molecule is C[C@@H](O)[C@H](NC(=O)c1ccc(NS(=O)(=O)c2ccc(Br)cc2)cc1)C(=O)NO. The Hall–Kier alpha value is -2.47. The fourth-order valence-corrected chi connectivity index (χ4v) is 3.54. The number of amides is 2. The first-order chi connectivity index (χ1) is 13.1. The van der Waals surface area contributed by atoms with Crippen LogP contribution >= 0.6 is 15.9 Å². The van der Waals surface area contributed by atoms with Gasteiger partial charge in [-0.15, -0.1) is 0 Å². The minimum Gasteiger partial charge on any atom is -0.391 e. The van der Waals surface area contributed by atoms with Gasteiger partial charge in [0.15, 0.2) is 0 Å². The average Bonchev–Trinajstić information content (AvgIpc) is 2.65. The standard InChI is InChI=1S/C17H18BrN3O6S/c1-10(22)15(17(24)20-25)19-16(23)11-2-6-13(7-3-11)21-28(26,27)14-8-4-12(18)5-9-14/h2-10,15,21-22,25H,1H3,(H,19,23)(H,20,24)/t10-,15+/m1/s1. The second-order valence-corrected chi connectivity index (χ2v) is 8.40. The lowest BCUT2D eigenvalue weighted by molar-refractivity contribution is -0.133. The van der Waals surface area contributed by atoms with Crippen LogP contribution in [0, 0.1) is 0 Å². The summed E-state index contributed by atoms with van der Waals surface area (Å²) in [6.07, 6.45) is -1.24. The summed E-state index contributed by atoms with van der Waals surface area (Å²) in [7, 11) is -3.79. The van der Waals surface area contributed by atoms with Crippen molar-refractivity contribution in [2.45, 2.75) is 24.0 Å². The molecule has 0 bridgehead atoms. The molecule has 11 heteroatoms. The molecule has 0 aliphatic rings. The first-order valence-corrected chi connectivity index (χ1v) is 10.2. The van der Waals surface area contributed by atoms with Crippen LogP contribution < -0.4 is 15.5 Å². The highest BCUT2D eigenvalue weighted by Gasteiger charge is 2.25. The zero-order chi connectivity index (χ0) is 20.9. The third kappa shape index (κ3) is 5.52. The van der Waals surface area contributed by atoms with Gasteiger partial charge in [0.2, 0.25) is 0 Å². The maximum atomic E-state index is 12.4. The lowest BCUT2D eigenvalue weighted by atomic mass is 10.1. The van der Waals surface area contributed by atoms with E-state index in [1.807, 2.05) is 0 Å². The zero-order valence-corrected chi connectivity index (χ0v) is 17.0. The van der Waals surface area contributed by atoms with Crippen LogP contribution in [-0.4, -0.2) is 42.7 Å². The van der Waals surface area contributed by atoms with Gasteiger partial charge in [-0.2, -0.15) is 0 Å². The molecule has 5 N–H and O–H groups in total. The molecular formula is C17H18BrN3O6S. The van der Waals surface area contributed by atoms with Crippen LogP contribution in [0.25, 0.3) is 0 Å². The molecule has 0 saturated heterocycles. The molecule has 0 saturated carbocycles. The van der Waals surface area contributed by atoms with E-state index in [4.69, 9.17) is 5.21 Å². The van der Waals surface area contributed by atoms with Gasteiger partial charge >= 0.3 is 0 Å². The number of aliphatic hydroxyl groups is 1. The fourth-order valence-electron chi connectivity index (χ4n) is 2.22. The number of hydrogen-bond acceptors (Lipinski definition) is 6. The summed E-state index contributed by atoms with van der Waals surface area (Å²) in [5.74, 6) is -1.65. The van der Waals surface area contributed by atoms with Crippen LogP contribution in [0.4, 0.5) is 5.69 Å². The van der Waals surface area contributed by atoms with E-state index in [1.165, 1.54) is 48.8 Å². The summed E-state index contributed by atoms with van der Waals surface area (Å²) in [4.78, 5) is 23.8. The van der Waals surface area contributed by atoms with Crippen LogP contribution in [0.2, 0.25) is 0 Å². The number of anilines is 1. The number of hydroxylamine groups is 1. The highest BCUT2D eigenvalue weighted by molar-refractivity contribution is 9.10. The minimum atomic E-state index is -3.79. The maximum Gasteiger partial charge on any atom is 0.268 e. The van der Waals surface area contributed by atoms with E-state index in [2.05, 4.69) is 26.0 Å². The number of aliphatic hydroxyl groups excluding tert-OH is 1. The van der Waals surface area contributed by atoms with E-state index in [0.29, 0.717) is 0 Å². The molecule has 0 unspecified atom stereocenters. The van der Waals surface area contributed by atoms with Gasteiger partial charge in [0.25, 0.3) is 21.8 Å². The normalized spacial score (nSPS) is 13.3. The maximum absolute atomic E-state index is 12.4. The van der Waals surface area contributed by atoms with E-state index in [9.17, 15) is 23.1 Å². The third-order valence-corrected chi connectivity index (χ3v) is 5.61. The number of carbonyl (C=O) groups is 2. The molecule has 2 rings (SSSR count). The number of halogens is 1. The summed E-state index contributed by atoms with van der Waals surface area (Å²) >= 11 is 3.23. The first kappa shape index (κ1) is 21.8. The van der Waals surface area contributed by atoms with E-state index in [0.717, 1.165) is 4.47 Å². The lowest BCUT2D eigenvalue weighted by Gasteiger charge is -2.19. The molecule has 2 aromatic carbocycles. The number of sulfonamides is 1. The Bertz CT molecular complexity index is 946. The Morgan fingerprint density at radius 2 is 1.61 bits per heavy atom. The number of carbonyl (C=O) groups excluding carboxylic acids is 2. The van der Waals surface area contributed by atoms with Crippen molar-refractivity contribution in [2.75, 3.05) is 4.72 Å². The van der Waals surface area contributed by atoms with Crippen molar-refractivity contribution in [3.63, 3.8) is 0 Å². The van der Waals surface area contributed by atoms with E-state index in [1.54, 1.807) is 12.1 Å². The Labute approximate surface area is 169 Å². The molecule has 2 amide bonds. The Balaban J connectivity index is 2.11. The van der Waals surface area contributed by atoms with Crippen LogP contribution in [0.15, 0.2) is 57.9 Å². The molecule has 0 aromatic heterocycles. The quantitative estimate of drug-likeness (QED) is 0.303. The molecule has 28 heavy (non-hydrogen) atoms. The smallest absolute Gasteiger partial charge is 0.268 e. The monoisotopic (exact) mass is 471 g/mol. The van der Waals surface area contributed by atoms with E-state index >= 15 is 0 Å². The fraction of sp³-hybridized carbons (Fsp3) is 0.176. The zero-order valence-electron chi connectivity index (χ0n) is 14.6. The summed E-state index contributed by atoms with van der Waals surface area (Å²) in [5.41, 5.74) is 1.73. The molecule has 0 spiro atoms. The predicted octanol–water partition coefficient (Wildman–Crippen LogP) is 1.23. The Kier molecular flexibility index (Phi) is 7.13. The van der Waals surface area contributed by atoms with Gasteiger partial charge in [0, 0.05) is 15.7 Å². The van der Waals surface area contributed by atoms with Crippen molar-refractivity contribution in [1.82, 2.24) is 10.8 Å². The van der Waals surface area contributed by atoms with E-state index < -0.39 is 34.0 Å². The van der Waals surface area contributed by atoms with Crippen molar-refractivity contribution in [3.8, 4) is 0 Å².